The zero-order valence-electron chi connectivity index (χ0n) is 11.1. The summed E-state index contributed by atoms with van der Waals surface area (Å²) in [6.07, 6.45) is 1.36. The van der Waals surface area contributed by atoms with Gasteiger partial charge < -0.3 is 15.3 Å². The number of piperidine rings is 1. The number of carboxylic acid groups (broad SMARTS) is 1. The molecule has 2 fully saturated rings. The van der Waals surface area contributed by atoms with Crippen LogP contribution in [0.15, 0.2) is 0 Å². The Morgan fingerprint density at radius 2 is 2.15 bits per heavy atom. The summed E-state index contributed by atoms with van der Waals surface area (Å²) in [4.78, 5) is 25.0. The molecule has 1 aromatic rings. The lowest BCUT2D eigenvalue weighted by Crippen LogP contribution is -2.55. The summed E-state index contributed by atoms with van der Waals surface area (Å²) in [5, 5.41) is 22.1. The highest BCUT2D eigenvalue weighted by atomic mass is 32.1. The van der Waals surface area contributed by atoms with E-state index in [0.717, 1.165) is 10.1 Å². The fourth-order valence-corrected chi connectivity index (χ4v) is 3.84. The summed E-state index contributed by atoms with van der Waals surface area (Å²) in [6, 6.07) is 0. The first kappa shape index (κ1) is 13.3. The topological polar surface area (TPSA) is 95.4 Å². The maximum absolute atomic E-state index is 11.6. The Bertz CT molecular complexity index is 551. The SMILES string of the molecule is Cc1nnc(N2CCC3(CC2)NC(=O)CC3C(=O)O)s1. The van der Waals surface area contributed by atoms with Crippen LogP contribution in [0, 0.1) is 12.8 Å². The van der Waals surface area contributed by atoms with Crippen LogP contribution >= 0.6 is 11.3 Å². The minimum atomic E-state index is -0.886. The van der Waals surface area contributed by atoms with E-state index in [4.69, 9.17) is 0 Å². The number of carbonyl (C=O) groups is 2. The Kier molecular flexibility index (Phi) is 3.12. The van der Waals surface area contributed by atoms with Gasteiger partial charge in [0.25, 0.3) is 0 Å². The zero-order valence-corrected chi connectivity index (χ0v) is 11.9. The van der Waals surface area contributed by atoms with E-state index >= 15 is 0 Å². The third kappa shape index (κ3) is 2.13. The highest BCUT2D eigenvalue weighted by Crippen LogP contribution is 2.38. The lowest BCUT2D eigenvalue weighted by molar-refractivity contribution is -0.144. The van der Waals surface area contributed by atoms with E-state index in [2.05, 4.69) is 20.4 Å². The molecule has 1 unspecified atom stereocenters. The highest BCUT2D eigenvalue weighted by molar-refractivity contribution is 7.15. The lowest BCUT2D eigenvalue weighted by atomic mass is 9.78. The highest BCUT2D eigenvalue weighted by Gasteiger charge is 2.51. The van der Waals surface area contributed by atoms with Crippen LogP contribution in [0.3, 0.4) is 0 Å². The van der Waals surface area contributed by atoms with E-state index in [1.54, 1.807) is 0 Å². The molecule has 2 aliphatic rings. The molecule has 108 valence electrons. The van der Waals surface area contributed by atoms with Crippen molar-refractivity contribution < 1.29 is 14.7 Å². The Morgan fingerprint density at radius 3 is 2.70 bits per heavy atom. The van der Waals surface area contributed by atoms with Crippen molar-refractivity contribution in [2.45, 2.75) is 31.7 Å². The summed E-state index contributed by atoms with van der Waals surface area (Å²) in [5.41, 5.74) is -0.584. The third-order valence-corrected chi connectivity index (χ3v) is 5.08. The number of carbonyl (C=O) groups excluding carboxylic acids is 1. The largest absolute Gasteiger partial charge is 0.481 e. The van der Waals surface area contributed by atoms with E-state index in [0.29, 0.717) is 25.9 Å². The molecule has 2 saturated heterocycles. The molecule has 0 radical (unpaired) electrons. The Hall–Kier alpha value is -1.70. The minimum Gasteiger partial charge on any atom is -0.481 e. The monoisotopic (exact) mass is 296 g/mol. The summed E-state index contributed by atoms with van der Waals surface area (Å²) >= 11 is 1.53. The van der Waals surface area contributed by atoms with Gasteiger partial charge in [0.15, 0.2) is 0 Å². The Morgan fingerprint density at radius 1 is 1.45 bits per heavy atom. The third-order valence-electron chi connectivity index (χ3n) is 4.18. The molecule has 1 aromatic heterocycles. The van der Waals surface area contributed by atoms with Crippen LogP contribution in [-0.4, -0.2) is 45.8 Å². The molecule has 8 heteroatoms. The molecule has 0 saturated carbocycles. The van der Waals surface area contributed by atoms with Crippen LogP contribution in [0.1, 0.15) is 24.3 Å². The van der Waals surface area contributed by atoms with Crippen LogP contribution in [0.25, 0.3) is 0 Å². The Balaban J connectivity index is 1.74. The van der Waals surface area contributed by atoms with Gasteiger partial charge in [-0.15, -0.1) is 10.2 Å². The van der Waals surface area contributed by atoms with Gasteiger partial charge in [0.05, 0.1) is 11.5 Å². The predicted octanol–water partition coefficient (Wildman–Crippen LogP) is 0.406. The van der Waals surface area contributed by atoms with E-state index in [-0.39, 0.29) is 12.3 Å². The van der Waals surface area contributed by atoms with Gasteiger partial charge in [-0.2, -0.15) is 0 Å². The molecule has 7 nitrogen and oxygen atoms in total. The average molecular weight is 296 g/mol. The van der Waals surface area contributed by atoms with Crippen LogP contribution in [0.5, 0.6) is 0 Å². The fourth-order valence-electron chi connectivity index (χ4n) is 3.10. The van der Waals surface area contributed by atoms with E-state index in [9.17, 15) is 14.7 Å². The number of aryl methyl sites for hydroxylation is 1. The smallest absolute Gasteiger partial charge is 0.309 e. The summed E-state index contributed by atoms with van der Waals surface area (Å²) in [7, 11) is 0. The van der Waals surface area contributed by atoms with Gasteiger partial charge in [0, 0.05) is 19.5 Å². The molecule has 1 spiro atoms. The van der Waals surface area contributed by atoms with Crippen molar-refractivity contribution in [3.63, 3.8) is 0 Å². The number of aromatic nitrogens is 2. The number of amides is 1. The molecule has 20 heavy (non-hydrogen) atoms. The van der Waals surface area contributed by atoms with Crippen LogP contribution in [-0.2, 0) is 9.59 Å². The zero-order chi connectivity index (χ0) is 14.3. The standard InChI is InChI=1S/C12H16N4O3S/c1-7-14-15-11(20-7)16-4-2-12(3-5-16)8(10(18)19)6-9(17)13-12/h8H,2-6H2,1H3,(H,13,17)(H,18,19). The van der Waals surface area contributed by atoms with E-state index in [1.165, 1.54) is 11.3 Å². The summed E-state index contributed by atoms with van der Waals surface area (Å²) in [5.74, 6) is -1.66. The minimum absolute atomic E-state index is 0.0905. The van der Waals surface area contributed by atoms with Gasteiger partial charge in [0.1, 0.15) is 5.01 Å². The van der Waals surface area contributed by atoms with Gasteiger partial charge in [-0.1, -0.05) is 11.3 Å². The normalized spacial score (nSPS) is 24.9. The fraction of sp³-hybridized carbons (Fsp3) is 0.667. The second kappa shape index (κ2) is 4.69. The number of aliphatic carboxylic acids is 1. The van der Waals surface area contributed by atoms with Gasteiger partial charge in [-0.3, -0.25) is 9.59 Å². The van der Waals surface area contributed by atoms with Gasteiger partial charge in [-0.05, 0) is 19.8 Å². The second-order valence-electron chi connectivity index (χ2n) is 5.39. The number of hydrogen-bond donors (Lipinski definition) is 2. The Labute approximate surface area is 120 Å². The number of hydrogen-bond acceptors (Lipinski definition) is 6. The van der Waals surface area contributed by atoms with Crippen molar-refractivity contribution in [2.24, 2.45) is 5.92 Å². The maximum atomic E-state index is 11.6. The predicted molar refractivity (Wildman–Crippen MR) is 72.7 cm³/mol. The van der Waals surface area contributed by atoms with Crippen molar-refractivity contribution in [2.75, 3.05) is 18.0 Å². The molecule has 0 aromatic carbocycles. The number of anilines is 1. The molecular weight excluding hydrogens is 280 g/mol. The first-order chi connectivity index (χ1) is 9.50. The maximum Gasteiger partial charge on any atom is 0.309 e. The van der Waals surface area contributed by atoms with Crippen molar-refractivity contribution in [1.82, 2.24) is 15.5 Å². The molecule has 2 N–H and O–H groups in total. The van der Waals surface area contributed by atoms with Crippen LogP contribution in [0.4, 0.5) is 5.13 Å². The number of nitrogens with one attached hydrogen (secondary N) is 1. The molecule has 3 rings (SSSR count). The molecule has 0 bridgehead atoms. The van der Waals surface area contributed by atoms with Crippen molar-refractivity contribution in [3.05, 3.63) is 5.01 Å². The quantitative estimate of drug-likeness (QED) is 0.820. The second-order valence-corrected chi connectivity index (χ2v) is 6.55. The first-order valence-corrected chi connectivity index (χ1v) is 7.41. The van der Waals surface area contributed by atoms with E-state index < -0.39 is 17.4 Å². The van der Waals surface area contributed by atoms with Crippen LogP contribution < -0.4 is 10.2 Å². The average Bonchev–Trinajstić information content (AvgIpc) is 2.95. The van der Waals surface area contributed by atoms with Crippen molar-refractivity contribution >= 4 is 28.3 Å². The first-order valence-electron chi connectivity index (χ1n) is 6.59. The number of rotatable bonds is 2. The lowest BCUT2D eigenvalue weighted by Gasteiger charge is -2.41. The van der Waals surface area contributed by atoms with Crippen LogP contribution in [0.2, 0.25) is 0 Å². The van der Waals surface area contributed by atoms with Gasteiger partial charge in [0.2, 0.25) is 11.0 Å². The van der Waals surface area contributed by atoms with Gasteiger partial charge in [-0.25, -0.2) is 0 Å². The molecule has 0 aliphatic carbocycles. The molecule has 1 amide bonds. The van der Waals surface area contributed by atoms with Crippen molar-refractivity contribution in [1.29, 1.82) is 0 Å². The number of nitrogens with zero attached hydrogens (tertiary/aromatic N) is 3. The van der Waals surface area contributed by atoms with Crippen molar-refractivity contribution in [3.8, 4) is 0 Å². The summed E-state index contributed by atoms with van der Waals surface area (Å²) in [6.45, 7) is 3.29. The molecule has 1 atom stereocenters. The van der Waals surface area contributed by atoms with E-state index in [1.807, 2.05) is 6.92 Å². The molecule has 2 aliphatic heterocycles. The van der Waals surface area contributed by atoms with Gasteiger partial charge >= 0.3 is 5.97 Å². The molecular formula is C12H16N4O3S. The molecule has 3 heterocycles. The number of carboxylic acids is 1. The summed E-state index contributed by atoms with van der Waals surface area (Å²) < 4.78 is 0.